The Hall–Kier alpha value is -2.00. The third-order valence-corrected chi connectivity index (χ3v) is 4.22. The van der Waals surface area contributed by atoms with Crippen molar-refractivity contribution in [3.8, 4) is 0 Å². The number of aromatic nitrogens is 1. The number of carbonyl (C=O) groups excluding carboxylic acids is 1. The van der Waals surface area contributed by atoms with Crippen molar-refractivity contribution in [2.45, 2.75) is 33.9 Å². The molecule has 0 spiro atoms. The van der Waals surface area contributed by atoms with Crippen LogP contribution in [0.1, 0.15) is 32.0 Å². The molecule has 0 saturated carbocycles. The maximum absolute atomic E-state index is 12.7. The van der Waals surface area contributed by atoms with Gasteiger partial charge in [0.05, 0.1) is 6.54 Å². The Balaban J connectivity index is 2.21. The summed E-state index contributed by atoms with van der Waals surface area (Å²) < 4.78 is 2.13. The first-order valence-electron chi connectivity index (χ1n) is 8.10. The Bertz CT molecular complexity index is 712. The second kappa shape index (κ2) is 7.71. The van der Waals surface area contributed by atoms with E-state index >= 15 is 0 Å². The van der Waals surface area contributed by atoms with Crippen LogP contribution in [-0.4, -0.2) is 21.9 Å². The summed E-state index contributed by atoms with van der Waals surface area (Å²) in [5.74, 6) is 0.118. The summed E-state index contributed by atoms with van der Waals surface area (Å²) in [5.41, 5.74) is 1.73. The summed E-state index contributed by atoms with van der Waals surface area (Å²) in [5, 5.41) is 0.755. The molecule has 0 unspecified atom stereocenters. The van der Waals surface area contributed by atoms with Gasteiger partial charge in [-0.1, -0.05) is 56.6 Å². The summed E-state index contributed by atoms with van der Waals surface area (Å²) >= 11 is 6.27. The Kier molecular flexibility index (Phi) is 5.89. The van der Waals surface area contributed by atoms with Gasteiger partial charge in [0.1, 0.15) is 0 Å². The van der Waals surface area contributed by atoms with Gasteiger partial charge in [0.2, 0.25) is 5.91 Å². The highest BCUT2D eigenvalue weighted by Crippen LogP contribution is 2.21. The van der Waals surface area contributed by atoms with Crippen molar-refractivity contribution in [3.63, 3.8) is 0 Å². The van der Waals surface area contributed by atoms with Crippen molar-refractivity contribution in [2.75, 3.05) is 6.54 Å². The lowest BCUT2D eigenvalue weighted by molar-refractivity contribution is -0.139. The Labute approximate surface area is 149 Å². The van der Waals surface area contributed by atoms with Crippen molar-refractivity contribution in [3.05, 3.63) is 71.5 Å². The van der Waals surface area contributed by atoms with Gasteiger partial charge in [-0.2, -0.15) is 0 Å². The minimum atomic E-state index is -0.414. The molecule has 0 aliphatic carbocycles. The summed E-state index contributed by atoms with van der Waals surface area (Å²) in [4.78, 5) is 14.5. The number of hydrogen-bond donors (Lipinski definition) is 0. The SMILES string of the molecule is C=CCN(Cc1cccn1Cc1ccccc1Cl)C(=O)C(C)(C)C. The van der Waals surface area contributed by atoms with Gasteiger partial charge in [-0.3, -0.25) is 4.79 Å². The summed E-state index contributed by atoms with van der Waals surface area (Å²) in [6, 6.07) is 11.9. The number of nitrogens with zero attached hydrogens (tertiary/aromatic N) is 2. The normalized spacial score (nSPS) is 11.3. The number of hydrogen-bond acceptors (Lipinski definition) is 1. The van der Waals surface area contributed by atoms with Crippen LogP contribution in [0.4, 0.5) is 0 Å². The predicted molar refractivity (Wildman–Crippen MR) is 100 cm³/mol. The van der Waals surface area contributed by atoms with Crippen LogP contribution in [0.25, 0.3) is 0 Å². The number of benzene rings is 1. The molecule has 0 radical (unpaired) electrons. The fourth-order valence-corrected chi connectivity index (χ4v) is 2.80. The van der Waals surface area contributed by atoms with Gasteiger partial charge in [-0.05, 0) is 23.8 Å². The number of halogens is 1. The number of carbonyl (C=O) groups is 1. The summed E-state index contributed by atoms with van der Waals surface area (Å²) in [7, 11) is 0. The van der Waals surface area contributed by atoms with E-state index in [1.807, 2.05) is 68.3 Å². The molecule has 2 rings (SSSR count). The second-order valence-corrected chi connectivity index (χ2v) is 7.35. The Morgan fingerprint density at radius 1 is 1.25 bits per heavy atom. The van der Waals surface area contributed by atoms with E-state index in [0.717, 1.165) is 16.3 Å². The van der Waals surface area contributed by atoms with Crippen molar-refractivity contribution < 1.29 is 4.79 Å². The van der Waals surface area contributed by atoms with E-state index in [4.69, 9.17) is 11.6 Å². The number of amides is 1. The van der Waals surface area contributed by atoms with Gasteiger partial charge in [-0.25, -0.2) is 0 Å². The van der Waals surface area contributed by atoms with Gasteiger partial charge >= 0.3 is 0 Å². The number of rotatable bonds is 6. The van der Waals surface area contributed by atoms with Crippen LogP contribution >= 0.6 is 11.6 Å². The molecule has 1 aromatic carbocycles. The van der Waals surface area contributed by atoms with Crippen LogP contribution in [0.15, 0.2) is 55.3 Å². The lowest BCUT2D eigenvalue weighted by Gasteiger charge is -2.29. The molecule has 0 fully saturated rings. The lowest BCUT2D eigenvalue weighted by atomic mass is 9.94. The summed E-state index contributed by atoms with van der Waals surface area (Å²) in [6.07, 6.45) is 3.79. The summed E-state index contributed by atoms with van der Waals surface area (Å²) in [6.45, 7) is 11.4. The van der Waals surface area contributed by atoms with Crippen LogP contribution < -0.4 is 0 Å². The zero-order chi connectivity index (χ0) is 17.7. The first-order chi connectivity index (χ1) is 11.3. The first-order valence-corrected chi connectivity index (χ1v) is 8.48. The minimum absolute atomic E-state index is 0.118. The van der Waals surface area contributed by atoms with E-state index in [-0.39, 0.29) is 5.91 Å². The van der Waals surface area contributed by atoms with Crippen molar-refractivity contribution in [1.82, 2.24) is 9.47 Å². The molecule has 1 aromatic heterocycles. The minimum Gasteiger partial charge on any atom is -0.345 e. The molecule has 0 N–H and O–H groups in total. The third-order valence-electron chi connectivity index (χ3n) is 3.85. The maximum Gasteiger partial charge on any atom is 0.228 e. The zero-order valence-corrected chi connectivity index (χ0v) is 15.4. The molecule has 1 amide bonds. The van der Waals surface area contributed by atoms with Crippen molar-refractivity contribution >= 4 is 17.5 Å². The molecule has 0 bridgehead atoms. The molecular formula is C20H25ClN2O. The van der Waals surface area contributed by atoms with Gasteiger partial charge in [0.15, 0.2) is 0 Å². The van der Waals surface area contributed by atoms with E-state index in [9.17, 15) is 4.79 Å². The molecule has 1 heterocycles. The maximum atomic E-state index is 12.7. The average Bonchev–Trinajstić information content (AvgIpc) is 2.94. The highest BCUT2D eigenvalue weighted by atomic mass is 35.5. The van der Waals surface area contributed by atoms with E-state index in [1.54, 1.807) is 6.08 Å². The van der Waals surface area contributed by atoms with Crippen LogP contribution in [0.5, 0.6) is 0 Å². The van der Waals surface area contributed by atoms with Crippen LogP contribution in [0.2, 0.25) is 5.02 Å². The largest absolute Gasteiger partial charge is 0.345 e. The quantitative estimate of drug-likeness (QED) is 0.694. The third kappa shape index (κ3) is 4.51. The monoisotopic (exact) mass is 344 g/mol. The Morgan fingerprint density at radius 3 is 2.58 bits per heavy atom. The van der Waals surface area contributed by atoms with Gasteiger partial charge in [0.25, 0.3) is 0 Å². The van der Waals surface area contributed by atoms with Gasteiger partial charge in [-0.15, -0.1) is 6.58 Å². The average molecular weight is 345 g/mol. The van der Waals surface area contributed by atoms with Crippen molar-refractivity contribution in [1.29, 1.82) is 0 Å². The van der Waals surface area contributed by atoms with E-state index in [1.165, 1.54) is 0 Å². The Morgan fingerprint density at radius 2 is 1.96 bits per heavy atom. The molecule has 24 heavy (non-hydrogen) atoms. The molecule has 0 aliphatic rings. The highest BCUT2D eigenvalue weighted by Gasteiger charge is 2.27. The van der Waals surface area contributed by atoms with E-state index < -0.39 is 5.41 Å². The fourth-order valence-electron chi connectivity index (χ4n) is 2.60. The van der Waals surface area contributed by atoms with Crippen LogP contribution in [-0.2, 0) is 17.9 Å². The molecule has 0 saturated heterocycles. The highest BCUT2D eigenvalue weighted by molar-refractivity contribution is 6.31. The van der Waals surface area contributed by atoms with E-state index in [2.05, 4.69) is 11.1 Å². The smallest absolute Gasteiger partial charge is 0.228 e. The van der Waals surface area contributed by atoms with Gasteiger partial charge in [0, 0.05) is 35.4 Å². The van der Waals surface area contributed by atoms with E-state index in [0.29, 0.717) is 19.6 Å². The fraction of sp³-hybridized carbons (Fsp3) is 0.350. The second-order valence-electron chi connectivity index (χ2n) is 6.94. The first kappa shape index (κ1) is 18.3. The molecule has 4 heteroatoms. The predicted octanol–water partition coefficient (Wildman–Crippen LogP) is 4.75. The van der Waals surface area contributed by atoms with Crippen molar-refractivity contribution in [2.24, 2.45) is 5.41 Å². The zero-order valence-electron chi connectivity index (χ0n) is 14.6. The molecule has 128 valence electrons. The topological polar surface area (TPSA) is 25.2 Å². The molecule has 3 nitrogen and oxygen atoms in total. The van der Waals surface area contributed by atoms with Crippen LogP contribution in [0, 0.1) is 5.41 Å². The van der Waals surface area contributed by atoms with Crippen LogP contribution in [0.3, 0.4) is 0 Å². The molecule has 0 aliphatic heterocycles. The molecule has 0 atom stereocenters. The lowest BCUT2D eigenvalue weighted by Crippen LogP contribution is -2.39. The standard InChI is InChI=1S/C20H25ClN2O/c1-5-12-23(19(24)20(2,3)4)15-17-10-8-13-22(17)14-16-9-6-7-11-18(16)21/h5-11,13H,1,12,14-15H2,2-4H3. The molecular weight excluding hydrogens is 320 g/mol. The van der Waals surface area contributed by atoms with Gasteiger partial charge < -0.3 is 9.47 Å². The molecule has 2 aromatic rings.